The number of carbonyl (C=O) groups excluding carboxylic acids is 3. The van der Waals surface area contributed by atoms with Gasteiger partial charge in [0.25, 0.3) is 0 Å². The molecule has 8 nitrogen and oxygen atoms in total. The number of amides is 4. The minimum atomic E-state index is -0.928. The van der Waals surface area contributed by atoms with Gasteiger partial charge in [-0.25, -0.2) is 24.1 Å². The number of nitrogens with zero attached hydrogens (tertiary/aromatic N) is 2. The highest BCUT2D eigenvalue weighted by Gasteiger charge is 2.39. The Morgan fingerprint density at radius 2 is 2.16 bits per heavy atom. The smallest absolute Gasteiger partial charge is 0.337 e. The van der Waals surface area contributed by atoms with Gasteiger partial charge in [0, 0.05) is 12.2 Å². The third-order valence-electron chi connectivity index (χ3n) is 3.71. The zero-order valence-corrected chi connectivity index (χ0v) is 14.1. The van der Waals surface area contributed by atoms with Gasteiger partial charge in [-0.15, -0.1) is 0 Å². The number of rotatable bonds is 3. The molecule has 0 bridgehead atoms. The van der Waals surface area contributed by atoms with Crippen LogP contribution >= 0.6 is 0 Å². The van der Waals surface area contributed by atoms with Crippen molar-refractivity contribution in [2.45, 2.75) is 19.9 Å². The van der Waals surface area contributed by atoms with Gasteiger partial charge in [-0.1, -0.05) is 12.1 Å². The molecule has 130 valence electrons. The first-order valence-electron chi connectivity index (χ1n) is 7.59. The third kappa shape index (κ3) is 3.45. The Morgan fingerprint density at radius 1 is 1.44 bits per heavy atom. The van der Waals surface area contributed by atoms with Crippen LogP contribution in [0.15, 0.2) is 35.7 Å². The summed E-state index contributed by atoms with van der Waals surface area (Å²) in [6.45, 7) is 11.1. The maximum absolute atomic E-state index is 12.4. The highest BCUT2D eigenvalue weighted by molar-refractivity contribution is 5.96. The fourth-order valence-corrected chi connectivity index (χ4v) is 2.58. The van der Waals surface area contributed by atoms with Gasteiger partial charge in [-0.05, 0) is 31.5 Å². The first-order chi connectivity index (χ1) is 11.9. The Morgan fingerprint density at radius 3 is 2.76 bits per heavy atom. The highest BCUT2D eigenvalue weighted by Crippen LogP contribution is 2.34. The van der Waals surface area contributed by atoms with Crippen LogP contribution in [0.3, 0.4) is 0 Å². The Bertz CT molecular complexity index is 794. The molecule has 0 spiro atoms. The molecule has 0 saturated heterocycles. The van der Waals surface area contributed by atoms with Crippen LogP contribution in [0.1, 0.15) is 35.8 Å². The van der Waals surface area contributed by atoms with Crippen LogP contribution in [0.2, 0.25) is 0 Å². The van der Waals surface area contributed by atoms with Crippen molar-refractivity contribution >= 4 is 18.0 Å². The van der Waals surface area contributed by atoms with E-state index < -0.39 is 24.1 Å². The van der Waals surface area contributed by atoms with Gasteiger partial charge in [0.1, 0.15) is 6.04 Å². The predicted molar refractivity (Wildman–Crippen MR) is 89.3 cm³/mol. The van der Waals surface area contributed by atoms with Crippen molar-refractivity contribution in [1.82, 2.24) is 15.5 Å². The lowest BCUT2D eigenvalue weighted by Crippen LogP contribution is -2.53. The highest BCUT2D eigenvalue weighted by atomic mass is 16.5. The van der Waals surface area contributed by atoms with Gasteiger partial charge in [0.15, 0.2) is 0 Å². The van der Waals surface area contributed by atoms with Gasteiger partial charge in [0.05, 0.1) is 19.2 Å². The van der Waals surface area contributed by atoms with Gasteiger partial charge in [0.2, 0.25) is 5.70 Å². The Balaban J connectivity index is 2.60. The summed E-state index contributed by atoms with van der Waals surface area (Å²) in [5.41, 5.74) is 1.31. The van der Waals surface area contributed by atoms with E-state index in [0.717, 1.165) is 4.90 Å². The third-order valence-corrected chi connectivity index (χ3v) is 3.71. The molecule has 1 unspecified atom stereocenters. The lowest BCUT2D eigenvalue weighted by atomic mass is 9.97. The normalized spacial score (nSPS) is 16.8. The molecule has 1 aliphatic rings. The van der Waals surface area contributed by atoms with E-state index in [1.807, 2.05) is 0 Å². The first-order valence-corrected chi connectivity index (χ1v) is 7.59. The van der Waals surface area contributed by atoms with Crippen LogP contribution < -0.4 is 10.6 Å². The summed E-state index contributed by atoms with van der Waals surface area (Å²) in [4.78, 5) is 40.9. The summed E-state index contributed by atoms with van der Waals surface area (Å²) in [6.07, 6.45) is 0. The summed E-state index contributed by atoms with van der Waals surface area (Å²) in [6, 6.07) is 4.15. The number of ether oxygens (including phenoxy) is 1. The van der Waals surface area contributed by atoms with Gasteiger partial charge in [-0.2, -0.15) is 0 Å². The van der Waals surface area contributed by atoms with Crippen LogP contribution in [0, 0.1) is 6.57 Å². The standard InChI is InChI=1S/C17H18N4O4/c1-5-19-16(23)21-14(13(18-3)10(2)20-17(21)24)11-7-6-8-12(9-11)15(22)25-4/h6-9,14H,5H2,1-2,4H3,(H,19,23)(H,20,24). The second kappa shape index (κ2) is 7.49. The molecule has 1 atom stereocenters. The zero-order valence-electron chi connectivity index (χ0n) is 14.1. The summed E-state index contributed by atoms with van der Waals surface area (Å²) in [5.74, 6) is -0.545. The molecule has 0 radical (unpaired) electrons. The Hall–Kier alpha value is -3.34. The minimum absolute atomic E-state index is 0.202. The number of esters is 1. The Kier molecular flexibility index (Phi) is 5.39. The van der Waals surface area contributed by atoms with E-state index in [1.165, 1.54) is 13.2 Å². The fourth-order valence-electron chi connectivity index (χ4n) is 2.58. The van der Waals surface area contributed by atoms with Crippen LogP contribution in [-0.2, 0) is 4.74 Å². The number of hydrogen-bond acceptors (Lipinski definition) is 4. The molecule has 0 saturated carbocycles. The van der Waals surface area contributed by atoms with E-state index in [9.17, 15) is 14.4 Å². The van der Waals surface area contributed by atoms with Crippen molar-refractivity contribution in [3.05, 3.63) is 58.2 Å². The summed E-state index contributed by atoms with van der Waals surface area (Å²) < 4.78 is 4.70. The van der Waals surface area contributed by atoms with Crippen LogP contribution in [-0.4, -0.2) is 36.6 Å². The average Bonchev–Trinajstić information content (AvgIpc) is 2.60. The number of imide groups is 1. The number of nitrogens with one attached hydrogen (secondary N) is 2. The largest absolute Gasteiger partial charge is 0.465 e. The van der Waals surface area contributed by atoms with E-state index in [2.05, 4.69) is 15.5 Å². The second-order valence-electron chi connectivity index (χ2n) is 5.28. The molecule has 25 heavy (non-hydrogen) atoms. The molecule has 8 heteroatoms. The van der Waals surface area contributed by atoms with Crippen LogP contribution in [0.4, 0.5) is 9.59 Å². The number of carbonyl (C=O) groups is 3. The minimum Gasteiger partial charge on any atom is -0.465 e. The number of hydrogen-bond donors (Lipinski definition) is 2. The Labute approximate surface area is 145 Å². The number of benzene rings is 1. The molecule has 2 N–H and O–H groups in total. The SMILES string of the molecule is [C-]#[N+]C1=C(C)NC(=O)N(C(=O)NCC)C1c1cccc(C(=O)OC)c1. The number of allylic oxidation sites excluding steroid dienone is 1. The van der Waals surface area contributed by atoms with Crippen molar-refractivity contribution < 1.29 is 19.1 Å². The predicted octanol–water partition coefficient (Wildman–Crippen LogP) is 2.42. The summed E-state index contributed by atoms with van der Waals surface area (Å²) in [7, 11) is 1.26. The quantitative estimate of drug-likeness (QED) is 0.652. The molecule has 2 rings (SSSR count). The molecular formula is C17H18N4O4. The van der Waals surface area contributed by atoms with E-state index in [-0.39, 0.29) is 11.3 Å². The average molecular weight is 342 g/mol. The topological polar surface area (TPSA) is 92.1 Å². The van der Waals surface area contributed by atoms with Gasteiger partial charge < -0.3 is 15.4 Å². The maximum atomic E-state index is 12.4. The summed E-state index contributed by atoms with van der Waals surface area (Å²) >= 11 is 0. The van der Waals surface area contributed by atoms with Crippen molar-refractivity contribution in [3.63, 3.8) is 0 Å². The van der Waals surface area contributed by atoms with Crippen molar-refractivity contribution in [2.75, 3.05) is 13.7 Å². The maximum Gasteiger partial charge on any atom is 0.337 e. The fraction of sp³-hybridized carbons (Fsp3) is 0.294. The van der Waals surface area contributed by atoms with E-state index in [4.69, 9.17) is 11.3 Å². The van der Waals surface area contributed by atoms with E-state index in [0.29, 0.717) is 17.8 Å². The number of urea groups is 2. The van der Waals surface area contributed by atoms with E-state index >= 15 is 0 Å². The van der Waals surface area contributed by atoms with Crippen molar-refractivity contribution in [1.29, 1.82) is 0 Å². The molecule has 4 amide bonds. The lowest BCUT2D eigenvalue weighted by molar-refractivity contribution is 0.0600. The second-order valence-corrected chi connectivity index (χ2v) is 5.28. The molecule has 1 aliphatic heterocycles. The van der Waals surface area contributed by atoms with Crippen LogP contribution in [0.5, 0.6) is 0 Å². The molecule has 1 aromatic rings. The molecule has 0 aliphatic carbocycles. The molecule has 0 fully saturated rings. The van der Waals surface area contributed by atoms with Gasteiger partial charge in [-0.3, -0.25) is 0 Å². The zero-order chi connectivity index (χ0) is 18.6. The number of methoxy groups -OCH3 is 1. The molecule has 0 aromatic heterocycles. The van der Waals surface area contributed by atoms with Crippen molar-refractivity contribution in [2.24, 2.45) is 0 Å². The molecular weight excluding hydrogens is 324 g/mol. The monoisotopic (exact) mass is 342 g/mol. The lowest BCUT2D eigenvalue weighted by Gasteiger charge is -2.34. The molecule has 1 heterocycles. The van der Waals surface area contributed by atoms with Crippen molar-refractivity contribution in [3.8, 4) is 0 Å². The van der Waals surface area contributed by atoms with Gasteiger partial charge >= 0.3 is 18.0 Å². The summed E-state index contributed by atoms with van der Waals surface area (Å²) in [5, 5.41) is 5.08. The van der Waals surface area contributed by atoms with Crippen LogP contribution in [0.25, 0.3) is 4.85 Å². The van der Waals surface area contributed by atoms with E-state index in [1.54, 1.807) is 32.0 Å². The first kappa shape index (κ1) is 18.0. The molecule has 1 aromatic carbocycles.